The zero-order valence-corrected chi connectivity index (χ0v) is 15.8. The second-order valence-corrected chi connectivity index (χ2v) is 8.57. The summed E-state index contributed by atoms with van der Waals surface area (Å²) in [7, 11) is 0. The highest BCUT2D eigenvalue weighted by atomic mass is 32.2. The summed E-state index contributed by atoms with van der Waals surface area (Å²) in [5.74, 6) is 0.609. The van der Waals surface area contributed by atoms with Crippen LogP contribution in [0.3, 0.4) is 0 Å². The lowest BCUT2D eigenvalue weighted by Gasteiger charge is -2.38. The molecule has 24 heavy (non-hydrogen) atoms. The van der Waals surface area contributed by atoms with Crippen molar-refractivity contribution in [1.29, 1.82) is 0 Å². The van der Waals surface area contributed by atoms with Crippen LogP contribution in [0.1, 0.15) is 33.3 Å². The first kappa shape index (κ1) is 18.6. The van der Waals surface area contributed by atoms with E-state index in [1.165, 1.54) is 4.90 Å². The van der Waals surface area contributed by atoms with Crippen molar-refractivity contribution in [2.75, 3.05) is 0 Å². The topological polar surface area (TPSA) is 35.2 Å². The molecule has 0 radical (unpaired) electrons. The Balaban J connectivity index is 2.37. The number of hydrogen-bond donors (Lipinski definition) is 1. The summed E-state index contributed by atoms with van der Waals surface area (Å²) in [5.41, 5.74) is 7.48. The fourth-order valence-electron chi connectivity index (χ4n) is 2.57. The Labute approximate surface area is 150 Å². The van der Waals surface area contributed by atoms with E-state index in [1.54, 1.807) is 11.8 Å². The molecule has 0 heterocycles. The molecule has 2 nitrogen and oxygen atoms in total. The van der Waals surface area contributed by atoms with E-state index >= 15 is 0 Å². The zero-order valence-electron chi connectivity index (χ0n) is 15.0. The molecule has 0 saturated carbocycles. The predicted molar refractivity (Wildman–Crippen MR) is 104 cm³/mol. The monoisotopic (exact) mass is 341 g/mol. The highest BCUT2D eigenvalue weighted by Crippen LogP contribution is 2.45. The minimum atomic E-state index is -0.384. The lowest BCUT2D eigenvalue weighted by Crippen LogP contribution is -2.44. The van der Waals surface area contributed by atoms with Crippen molar-refractivity contribution in [2.45, 2.75) is 49.0 Å². The van der Waals surface area contributed by atoms with E-state index in [1.807, 2.05) is 57.2 Å². The van der Waals surface area contributed by atoms with E-state index in [2.05, 4.69) is 37.8 Å². The molecular formula is C21H27NOS. The van der Waals surface area contributed by atoms with E-state index in [0.29, 0.717) is 5.76 Å². The van der Waals surface area contributed by atoms with Crippen LogP contribution in [0, 0.1) is 0 Å². The van der Waals surface area contributed by atoms with Gasteiger partial charge < -0.3 is 10.5 Å². The molecule has 2 atom stereocenters. The summed E-state index contributed by atoms with van der Waals surface area (Å²) < 4.78 is 5.59. The fourth-order valence-corrected chi connectivity index (χ4v) is 3.86. The summed E-state index contributed by atoms with van der Waals surface area (Å²) >= 11 is 1.74. The molecule has 0 aliphatic rings. The lowest BCUT2D eigenvalue weighted by molar-refractivity contribution is 0.0404. The van der Waals surface area contributed by atoms with Gasteiger partial charge in [-0.15, -0.1) is 11.8 Å². The molecule has 0 amide bonds. The summed E-state index contributed by atoms with van der Waals surface area (Å²) in [6.07, 6.45) is 0. The highest BCUT2D eigenvalue weighted by Gasteiger charge is 2.38. The average molecular weight is 342 g/mol. The van der Waals surface area contributed by atoms with Crippen molar-refractivity contribution < 1.29 is 4.74 Å². The maximum absolute atomic E-state index is 6.64. The number of ether oxygens (including phenoxy) is 1. The molecule has 0 aliphatic heterocycles. The maximum atomic E-state index is 6.64. The van der Waals surface area contributed by atoms with Crippen molar-refractivity contribution in [1.82, 2.24) is 0 Å². The van der Waals surface area contributed by atoms with Crippen LogP contribution in [0.5, 0.6) is 0 Å². The smallest absolute Gasteiger partial charge is 0.108 e. The fraction of sp³-hybridized carbons (Fsp3) is 0.333. The Morgan fingerprint density at radius 1 is 0.958 bits per heavy atom. The van der Waals surface area contributed by atoms with Crippen LogP contribution in [0.25, 0.3) is 0 Å². The van der Waals surface area contributed by atoms with Crippen molar-refractivity contribution in [3.63, 3.8) is 0 Å². The third kappa shape index (κ3) is 4.65. The van der Waals surface area contributed by atoms with Gasteiger partial charge in [-0.05, 0) is 45.4 Å². The van der Waals surface area contributed by atoms with Crippen LogP contribution in [0.2, 0.25) is 0 Å². The Kier molecular flexibility index (Phi) is 5.79. The van der Waals surface area contributed by atoms with E-state index in [9.17, 15) is 0 Å². The Morgan fingerprint density at radius 2 is 1.46 bits per heavy atom. The molecule has 2 N–H and O–H groups in total. The van der Waals surface area contributed by atoms with Gasteiger partial charge >= 0.3 is 0 Å². The van der Waals surface area contributed by atoms with E-state index in [0.717, 1.165) is 5.56 Å². The van der Waals surface area contributed by atoms with Gasteiger partial charge in [-0.1, -0.05) is 55.1 Å². The molecule has 3 heteroatoms. The molecule has 0 spiro atoms. The highest BCUT2D eigenvalue weighted by molar-refractivity contribution is 8.00. The number of benzene rings is 2. The van der Waals surface area contributed by atoms with Crippen LogP contribution in [0.4, 0.5) is 0 Å². The van der Waals surface area contributed by atoms with Crippen LogP contribution in [0.15, 0.2) is 77.9 Å². The molecule has 0 aromatic heterocycles. The van der Waals surface area contributed by atoms with Crippen LogP contribution in [-0.2, 0) is 9.48 Å². The molecule has 2 rings (SSSR count). The first-order valence-corrected chi connectivity index (χ1v) is 8.97. The number of rotatable bonds is 6. The number of hydrogen-bond acceptors (Lipinski definition) is 3. The molecule has 2 aromatic rings. The standard InChI is InChI=1S/C21H27NOS/c1-16(23-20(2,3)4)19(22)21(5,17-12-8-6-9-13-17)24-18-14-10-7-11-15-18/h6-15,19H,1,22H2,2-5H3. The maximum Gasteiger partial charge on any atom is 0.108 e. The minimum Gasteiger partial charge on any atom is -0.491 e. The molecular weight excluding hydrogens is 314 g/mol. The Hall–Kier alpha value is -1.71. The number of nitrogens with two attached hydrogens (primary N) is 1. The van der Waals surface area contributed by atoms with Gasteiger partial charge in [-0.3, -0.25) is 0 Å². The molecule has 2 unspecified atom stereocenters. The quantitative estimate of drug-likeness (QED) is 0.568. The predicted octanol–water partition coefficient (Wildman–Crippen LogP) is 5.35. The normalized spacial score (nSPS) is 15.4. The average Bonchev–Trinajstić information content (AvgIpc) is 2.54. The summed E-state index contributed by atoms with van der Waals surface area (Å²) in [4.78, 5) is 1.17. The van der Waals surface area contributed by atoms with Crippen molar-refractivity contribution in [2.24, 2.45) is 5.73 Å². The summed E-state index contributed by atoms with van der Waals surface area (Å²) in [6, 6.07) is 20.3. The van der Waals surface area contributed by atoms with Crippen LogP contribution in [-0.4, -0.2) is 11.6 Å². The van der Waals surface area contributed by atoms with Gasteiger partial charge in [0.1, 0.15) is 11.4 Å². The molecule has 0 saturated heterocycles. The SMILES string of the molecule is C=C(OC(C)(C)C)C(N)C(C)(Sc1ccccc1)c1ccccc1. The Morgan fingerprint density at radius 3 is 1.96 bits per heavy atom. The molecule has 128 valence electrons. The third-order valence-corrected chi connectivity index (χ3v) is 5.22. The van der Waals surface area contributed by atoms with Crippen molar-refractivity contribution >= 4 is 11.8 Å². The number of thioether (sulfide) groups is 1. The first-order valence-electron chi connectivity index (χ1n) is 8.15. The van der Waals surface area contributed by atoms with E-state index < -0.39 is 0 Å². The molecule has 0 bridgehead atoms. The van der Waals surface area contributed by atoms with E-state index in [-0.39, 0.29) is 16.4 Å². The summed E-state index contributed by atoms with van der Waals surface area (Å²) in [5, 5.41) is 0. The third-order valence-electron chi connectivity index (χ3n) is 3.80. The summed E-state index contributed by atoms with van der Waals surface area (Å²) in [6.45, 7) is 12.3. The van der Waals surface area contributed by atoms with Crippen LogP contribution >= 0.6 is 11.8 Å². The first-order chi connectivity index (χ1) is 11.2. The van der Waals surface area contributed by atoms with Gasteiger partial charge in [0.05, 0.1) is 10.8 Å². The van der Waals surface area contributed by atoms with Crippen molar-refractivity contribution in [3.8, 4) is 0 Å². The van der Waals surface area contributed by atoms with Gasteiger partial charge in [0.2, 0.25) is 0 Å². The van der Waals surface area contributed by atoms with Crippen LogP contribution < -0.4 is 5.73 Å². The van der Waals surface area contributed by atoms with Gasteiger partial charge in [0.25, 0.3) is 0 Å². The largest absolute Gasteiger partial charge is 0.491 e. The van der Waals surface area contributed by atoms with E-state index in [4.69, 9.17) is 10.5 Å². The molecule has 0 fully saturated rings. The van der Waals surface area contributed by atoms with Gasteiger partial charge in [-0.25, -0.2) is 0 Å². The van der Waals surface area contributed by atoms with Gasteiger partial charge in [-0.2, -0.15) is 0 Å². The lowest BCUT2D eigenvalue weighted by atomic mass is 9.91. The Bertz CT molecular complexity index is 663. The van der Waals surface area contributed by atoms with Gasteiger partial charge in [0.15, 0.2) is 0 Å². The van der Waals surface area contributed by atoms with Gasteiger partial charge in [0, 0.05) is 4.90 Å². The molecule has 0 aliphatic carbocycles. The minimum absolute atomic E-state index is 0.316. The van der Waals surface area contributed by atoms with Crippen molar-refractivity contribution in [3.05, 3.63) is 78.6 Å². The zero-order chi connectivity index (χ0) is 17.8. The second kappa shape index (κ2) is 7.45. The second-order valence-electron chi connectivity index (χ2n) is 7.05. The molecule has 2 aromatic carbocycles.